The first kappa shape index (κ1) is 10.1. The molecule has 0 saturated heterocycles. The van der Waals surface area contributed by atoms with Crippen LogP contribution in [0.4, 0.5) is 0 Å². The Labute approximate surface area is 89.5 Å². The van der Waals surface area contributed by atoms with E-state index >= 15 is 0 Å². The minimum Gasteiger partial charge on any atom is -0.443 e. The van der Waals surface area contributed by atoms with E-state index in [0.717, 1.165) is 22.5 Å². The van der Waals surface area contributed by atoms with E-state index in [4.69, 9.17) is 4.42 Å². The lowest BCUT2D eigenvalue weighted by Gasteiger charge is -2.09. The van der Waals surface area contributed by atoms with Crippen LogP contribution in [0, 0.1) is 0 Å². The molecule has 0 aromatic carbocycles. The van der Waals surface area contributed by atoms with Gasteiger partial charge in [0.1, 0.15) is 5.52 Å². The van der Waals surface area contributed by atoms with Gasteiger partial charge in [-0.1, -0.05) is 27.7 Å². The Hall–Kier alpha value is -1.38. The van der Waals surface area contributed by atoms with Crippen LogP contribution in [-0.4, -0.2) is 9.97 Å². The second-order valence-corrected chi connectivity index (χ2v) is 4.44. The first-order valence-electron chi connectivity index (χ1n) is 5.33. The maximum absolute atomic E-state index is 5.35. The molecule has 0 bridgehead atoms. The van der Waals surface area contributed by atoms with Crippen LogP contribution < -0.4 is 0 Å². The van der Waals surface area contributed by atoms with Crippen LogP contribution in [0.1, 0.15) is 50.9 Å². The molecule has 0 aliphatic heterocycles. The van der Waals surface area contributed by atoms with Crippen molar-refractivity contribution in [3.63, 3.8) is 0 Å². The Kier molecular flexibility index (Phi) is 2.47. The summed E-state index contributed by atoms with van der Waals surface area (Å²) in [4.78, 5) is 8.86. The van der Waals surface area contributed by atoms with Gasteiger partial charge < -0.3 is 4.42 Å². The molecule has 3 heteroatoms. The van der Waals surface area contributed by atoms with Crippen molar-refractivity contribution in [3.8, 4) is 0 Å². The van der Waals surface area contributed by atoms with E-state index in [-0.39, 0.29) is 0 Å². The monoisotopic (exact) mass is 204 g/mol. The summed E-state index contributed by atoms with van der Waals surface area (Å²) in [5.41, 5.74) is 3.85. The van der Waals surface area contributed by atoms with Gasteiger partial charge in [0.25, 0.3) is 0 Å². The first-order valence-corrected chi connectivity index (χ1v) is 5.33. The molecule has 0 radical (unpaired) electrons. The van der Waals surface area contributed by atoms with Crippen molar-refractivity contribution in [3.05, 3.63) is 23.8 Å². The molecule has 15 heavy (non-hydrogen) atoms. The van der Waals surface area contributed by atoms with Crippen LogP contribution in [0.25, 0.3) is 11.1 Å². The third-order valence-electron chi connectivity index (χ3n) is 2.50. The molecule has 80 valence electrons. The molecule has 0 atom stereocenters. The smallest absolute Gasteiger partial charge is 0.182 e. The lowest BCUT2D eigenvalue weighted by Crippen LogP contribution is -2.00. The molecule has 2 rings (SSSR count). The van der Waals surface area contributed by atoms with Gasteiger partial charge in [-0.25, -0.2) is 4.98 Å². The van der Waals surface area contributed by atoms with Gasteiger partial charge >= 0.3 is 0 Å². The third-order valence-corrected chi connectivity index (χ3v) is 2.50. The van der Waals surface area contributed by atoms with E-state index in [1.54, 1.807) is 0 Å². The summed E-state index contributed by atoms with van der Waals surface area (Å²) >= 11 is 0. The zero-order chi connectivity index (χ0) is 11.0. The molecule has 2 aromatic rings. The molecule has 0 unspecified atom stereocenters. The molecule has 3 nitrogen and oxygen atoms in total. The summed E-state index contributed by atoms with van der Waals surface area (Å²) in [6.07, 6.45) is 1.49. The van der Waals surface area contributed by atoms with Gasteiger partial charge in [0.05, 0.1) is 5.69 Å². The van der Waals surface area contributed by atoms with Gasteiger partial charge in [-0.3, -0.25) is 4.98 Å². The van der Waals surface area contributed by atoms with Gasteiger partial charge in [-0.05, 0) is 11.8 Å². The van der Waals surface area contributed by atoms with Crippen molar-refractivity contribution in [2.45, 2.75) is 39.5 Å². The average Bonchev–Trinajstić information content (AvgIpc) is 2.62. The molecule has 0 amide bonds. The average molecular weight is 204 g/mol. The fourth-order valence-electron chi connectivity index (χ4n) is 1.61. The number of hydrogen-bond acceptors (Lipinski definition) is 3. The van der Waals surface area contributed by atoms with Crippen molar-refractivity contribution in [1.29, 1.82) is 0 Å². The summed E-state index contributed by atoms with van der Waals surface area (Å²) in [5, 5.41) is 0. The van der Waals surface area contributed by atoms with Crippen molar-refractivity contribution in [1.82, 2.24) is 9.97 Å². The van der Waals surface area contributed by atoms with Gasteiger partial charge in [0.15, 0.2) is 12.0 Å². The second kappa shape index (κ2) is 3.65. The number of pyridine rings is 1. The standard InChI is InChI=1S/C12H16N2O/c1-7(2)9-5-10-12(13-6-15-10)11(14-9)8(3)4/h5-8H,1-4H3. The second-order valence-electron chi connectivity index (χ2n) is 4.44. The van der Waals surface area contributed by atoms with Crippen LogP contribution in [0.5, 0.6) is 0 Å². The normalized spacial score (nSPS) is 11.9. The quantitative estimate of drug-likeness (QED) is 0.751. The van der Waals surface area contributed by atoms with Crippen LogP contribution >= 0.6 is 0 Å². The minimum atomic E-state index is 0.372. The van der Waals surface area contributed by atoms with Crippen LogP contribution in [0.2, 0.25) is 0 Å². The molecular weight excluding hydrogens is 188 g/mol. The van der Waals surface area contributed by atoms with Crippen molar-refractivity contribution >= 4 is 11.1 Å². The minimum absolute atomic E-state index is 0.372. The molecule has 0 N–H and O–H groups in total. The molecule has 0 spiro atoms. The molecule has 0 fully saturated rings. The largest absolute Gasteiger partial charge is 0.443 e. The topological polar surface area (TPSA) is 38.9 Å². The maximum atomic E-state index is 5.35. The fourth-order valence-corrected chi connectivity index (χ4v) is 1.61. The van der Waals surface area contributed by atoms with E-state index in [1.807, 2.05) is 6.07 Å². The summed E-state index contributed by atoms with van der Waals surface area (Å²) < 4.78 is 5.35. The molecule has 2 heterocycles. The summed E-state index contributed by atoms with van der Waals surface area (Å²) in [5.74, 6) is 0.785. The molecule has 0 aliphatic carbocycles. The first-order chi connectivity index (χ1) is 7.09. The van der Waals surface area contributed by atoms with Gasteiger partial charge in [0, 0.05) is 11.8 Å². The van der Waals surface area contributed by atoms with E-state index in [1.165, 1.54) is 6.39 Å². The Morgan fingerprint density at radius 2 is 1.87 bits per heavy atom. The highest BCUT2D eigenvalue weighted by Crippen LogP contribution is 2.25. The number of fused-ring (bicyclic) bond motifs is 1. The third kappa shape index (κ3) is 1.74. The number of nitrogens with zero attached hydrogens (tertiary/aromatic N) is 2. The Morgan fingerprint density at radius 1 is 1.13 bits per heavy atom. The van der Waals surface area contributed by atoms with Gasteiger partial charge in [0.2, 0.25) is 0 Å². The van der Waals surface area contributed by atoms with E-state index < -0.39 is 0 Å². The maximum Gasteiger partial charge on any atom is 0.182 e. The Balaban J connectivity index is 2.69. The Bertz CT molecular complexity index is 471. The number of hydrogen-bond donors (Lipinski definition) is 0. The van der Waals surface area contributed by atoms with Gasteiger partial charge in [-0.15, -0.1) is 0 Å². The highest BCUT2D eigenvalue weighted by atomic mass is 16.3. The van der Waals surface area contributed by atoms with Gasteiger partial charge in [-0.2, -0.15) is 0 Å². The Morgan fingerprint density at radius 3 is 2.47 bits per heavy atom. The van der Waals surface area contributed by atoms with Crippen molar-refractivity contribution in [2.24, 2.45) is 0 Å². The van der Waals surface area contributed by atoms with Crippen LogP contribution in [0.15, 0.2) is 16.9 Å². The predicted molar refractivity (Wildman–Crippen MR) is 60.0 cm³/mol. The number of aromatic nitrogens is 2. The number of oxazole rings is 1. The highest BCUT2D eigenvalue weighted by molar-refractivity contribution is 5.75. The van der Waals surface area contributed by atoms with Crippen molar-refractivity contribution in [2.75, 3.05) is 0 Å². The summed E-state index contributed by atoms with van der Waals surface area (Å²) in [6, 6.07) is 1.98. The summed E-state index contributed by atoms with van der Waals surface area (Å²) in [6.45, 7) is 8.52. The van der Waals surface area contributed by atoms with E-state index in [9.17, 15) is 0 Å². The molecular formula is C12H16N2O. The fraction of sp³-hybridized carbons (Fsp3) is 0.500. The molecule has 0 aliphatic rings. The van der Waals surface area contributed by atoms with E-state index in [2.05, 4.69) is 37.7 Å². The number of rotatable bonds is 2. The predicted octanol–water partition coefficient (Wildman–Crippen LogP) is 3.47. The summed E-state index contributed by atoms with van der Waals surface area (Å²) in [7, 11) is 0. The lowest BCUT2D eigenvalue weighted by atomic mass is 10.0. The molecule has 2 aromatic heterocycles. The SMILES string of the molecule is CC(C)c1cc2ocnc2c(C(C)C)n1. The van der Waals surface area contributed by atoms with Crippen LogP contribution in [-0.2, 0) is 0 Å². The zero-order valence-corrected chi connectivity index (χ0v) is 9.61. The van der Waals surface area contributed by atoms with Crippen molar-refractivity contribution < 1.29 is 4.42 Å². The molecule has 0 saturated carbocycles. The van der Waals surface area contributed by atoms with E-state index in [0.29, 0.717) is 11.8 Å². The van der Waals surface area contributed by atoms with Crippen LogP contribution in [0.3, 0.4) is 0 Å². The zero-order valence-electron chi connectivity index (χ0n) is 9.61. The highest BCUT2D eigenvalue weighted by Gasteiger charge is 2.14. The lowest BCUT2D eigenvalue weighted by molar-refractivity contribution is 0.600.